The molecule has 1 aromatic carbocycles. The molecule has 0 aromatic heterocycles. The van der Waals surface area contributed by atoms with Crippen molar-refractivity contribution in [2.45, 2.75) is 25.6 Å². The molecule has 0 heterocycles. The predicted molar refractivity (Wildman–Crippen MR) is 64.1 cm³/mol. The quantitative estimate of drug-likeness (QED) is 0.858. The number of halogens is 2. The fourth-order valence-corrected chi connectivity index (χ4v) is 1.99. The zero-order chi connectivity index (χ0) is 13.8. The number of ether oxygens (including phenoxy) is 1. The number of aliphatic hydroxyl groups excluding tert-OH is 1. The molecule has 1 amide bonds. The fraction of sp³-hybridized carbons (Fsp3) is 0.462. The third-order valence-corrected chi connectivity index (χ3v) is 3.10. The first-order chi connectivity index (χ1) is 9.04. The van der Waals surface area contributed by atoms with Crippen molar-refractivity contribution in [2.24, 2.45) is 5.92 Å². The van der Waals surface area contributed by atoms with Gasteiger partial charge in [-0.3, -0.25) is 4.79 Å². The van der Waals surface area contributed by atoms with E-state index in [9.17, 15) is 13.6 Å². The molecule has 0 radical (unpaired) electrons. The number of rotatable bonds is 5. The van der Waals surface area contributed by atoms with E-state index in [1.807, 2.05) is 0 Å². The fourth-order valence-electron chi connectivity index (χ4n) is 1.99. The van der Waals surface area contributed by atoms with Gasteiger partial charge in [-0.25, -0.2) is 0 Å². The van der Waals surface area contributed by atoms with Crippen LogP contribution in [0.5, 0.6) is 5.75 Å². The van der Waals surface area contributed by atoms with Gasteiger partial charge in [0, 0.05) is 12.1 Å². The maximum Gasteiger partial charge on any atom is 0.387 e. The number of hydrogen-bond donors (Lipinski definition) is 2. The number of aliphatic hydroxyl groups is 1. The van der Waals surface area contributed by atoms with Crippen LogP contribution in [0.15, 0.2) is 24.3 Å². The Morgan fingerprint density at radius 1 is 1.37 bits per heavy atom. The lowest BCUT2D eigenvalue weighted by Gasteiger charge is -2.31. The van der Waals surface area contributed by atoms with E-state index in [0.717, 1.165) is 0 Å². The lowest BCUT2D eigenvalue weighted by Crippen LogP contribution is -2.38. The van der Waals surface area contributed by atoms with Gasteiger partial charge in [0.05, 0.1) is 6.10 Å². The Balaban J connectivity index is 1.81. The first kappa shape index (κ1) is 13.7. The van der Waals surface area contributed by atoms with Gasteiger partial charge in [-0.2, -0.15) is 8.78 Å². The summed E-state index contributed by atoms with van der Waals surface area (Å²) in [5, 5.41) is 11.9. The van der Waals surface area contributed by atoms with Gasteiger partial charge >= 0.3 is 6.61 Å². The topological polar surface area (TPSA) is 58.6 Å². The Morgan fingerprint density at radius 3 is 2.53 bits per heavy atom. The first-order valence-electron chi connectivity index (χ1n) is 6.05. The molecule has 1 aromatic rings. The van der Waals surface area contributed by atoms with Crippen LogP contribution in [0.2, 0.25) is 0 Å². The summed E-state index contributed by atoms with van der Waals surface area (Å²) in [6.07, 6.45) is 1.18. The van der Waals surface area contributed by atoms with E-state index in [0.29, 0.717) is 30.9 Å². The molecule has 0 atom stereocenters. The van der Waals surface area contributed by atoms with Gasteiger partial charge in [-0.15, -0.1) is 0 Å². The van der Waals surface area contributed by atoms with Gasteiger partial charge in [0.1, 0.15) is 5.75 Å². The second-order valence-electron chi connectivity index (χ2n) is 4.60. The van der Waals surface area contributed by atoms with Crippen LogP contribution in [-0.2, 0) is 0 Å². The van der Waals surface area contributed by atoms with Gasteiger partial charge < -0.3 is 15.2 Å². The minimum atomic E-state index is -2.87. The first-order valence-corrected chi connectivity index (χ1v) is 6.05. The molecule has 0 bridgehead atoms. The molecule has 2 N–H and O–H groups in total. The SMILES string of the molecule is O=C(NCC1CC(O)C1)c1ccc(OC(F)F)cc1. The van der Waals surface area contributed by atoms with Gasteiger partial charge in [0.2, 0.25) is 0 Å². The molecule has 0 unspecified atom stereocenters. The molecule has 0 aliphatic heterocycles. The molecule has 19 heavy (non-hydrogen) atoms. The van der Waals surface area contributed by atoms with Gasteiger partial charge in [0.15, 0.2) is 0 Å². The van der Waals surface area contributed by atoms with E-state index < -0.39 is 6.61 Å². The number of benzene rings is 1. The molecule has 6 heteroatoms. The number of alkyl halides is 2. The Kier molecular flexibility index (Phi) is 4.31. The van der Waals surface area contributed by atoms with Crippen molar-refractivity contribution in [1.29, 1.82) is 0 Å². The maximum atomic E-state index is 11.9. The highest BCUT2D eigenvalue weighted by molar-refractivity contribution is 5.94. The summed E-state index contributed by atoms with van der Waals surface area (Å²) < 4.78 is 28.1. The average Bonchev–Trinajstić information content (AvgIpc) is 2.33. The van der Waals surface area contributed by atoms with E-state index in [-0.39, 0.29) is 17.8 Å². The smallest absolute Gasteiger partial charge is 0.387 e. The minimum absolute atomic E-state index is 0.0219. The van der Waals surface area contributed by atoms with Crippen molar-refractivity contribution in [3.05, 3.63) is 29.8 Å². The zero-order valence-corrected chi connectivity index (χ0v) is 10.2. The van der Waals surface area contributed by atoms with Crippen LogP contribution in [0, 0.1) is 5.92 Å². The zero-order valence-electron chi connectivity index (χ0n) is 10.2. The van der Waals surface area contributed by atoms with Crippen LogP contribution in [0.3, 0.4) is 0 Å². The lowest BCUT2D eigenvalue weighted by atomic mass is 9.82. The molecule has 1 saturated carbocycles. The summed E-state index contributed by atoms with van der Waals surface area (Å²) in [5.41, 5.74) is 0.390. The summed E-state index contributed by atoms with van der Waals surface area (Å²) in [4.78, 5) is 11.7. The van der Waals surface area contributed by atoms with E-state index in [1.54, 1.807) is 0 Å². The highest BCUT2D eigenvalue weighted by Crippen LogP contribution is 2.26. The van der Waals surface area contributed by atoms with Gasteiger partial charge in [0.25, 0.3) is 5.91 Å². The van der Waals surface area contributed by atoms with Gasteiger partial charge in [-0.1, -0.05) is 0 Å². The Morgan fingerprint density at radius 2 is 2.00 bits per heavy atom. The van der Waals surface area contributed by atoms with Crippen LogP contribution < -0.4 is 10.1 Å². The van der Waals surface area contributed by atoms with E-state index in [2.05, 4.69) is 10.1 Å². The minimum Gasteiger partial charge on any atom is -0.435 e. The molecular formula is C13H15F2NO3. The second kappa shape index (κ2) is 5.97. The van der Waals surface area contributed by atoms with E-state index >= 15 is 0 Å². The van der Waals surface area contributed by atoms with Gasteiger partial charge in [-0.05, 0) is 43.0 Å². The number of carbonyl (C=O) groups is 1. The molecule has 1 aliphatic carbocycles. The average molecular weight is 271 g/mol. The van der Waals surface area contributed by atoms with E-state index in [4.69, 9.17) is 5.11 Å². The summed E-state index contributed by atoms with van der Waals surface area (Å²) in [6, 6.07) is 5.52. The maximum absolute atomic E-state index is 11.9. The van der Waals surface area contributed by atoms with Crippen molar-refractivity contribution < 1.29 is 23.4 Å². The summed E-state index contributed by atoms with van der Waals surface area (Å²) >= 11 is 0. The van der Waals surface area contributed by atoms with Crippen molar-refractivity contribution in [3.8, 4) is 5.75 Å². The number of hydrogen-bond acceptors (Lipinski definition) is 3. The normalized spacial score (nSPS) is 21.9. The molecule has 0 spiro atoms. The number of nitrogens with one attached hydrogen (secondary N) is 1. The van der Waals surface area contributed by atoms with E-state index in [1.165, 1.54) is 24.3 Å². The van der Waals surface area contributed by atoms with Crippen molar-refractivity contribution in [2.75, 3.05) is 6.54 Å². The monoisotopic (exact) mass is 271 g/mol. The standard InChI is InChI=1S/C13H15F2NO3/c14-13(15)19-11-3-1-9(2-4-11)12(18)16-7-8-5-10(17)6-8/h1-4,8,10,13,17H,5-7H2,(H,16,18). The molecule has 4 nitrogen and oxygen atoms in total. The molecule has 2 rings (SSSR count). The molecule has 1 fully saturated rings. The van der Waals surface area contributed by atoms with Crippen LogP contribution in [0.25, 0.3) is 0 Å². The molecular weight excluding hydrogens is 256 g/mol. The molecule has 0 saturated heterocycles. The summed E-state index contributed by atoms with van der Waals surface area (Å²) in [7, 11) is 0. The van der Waals surface area contributed by atoms with Crippen molar-refractivity contribution in [3.63, 3.8) is 0 Å². The predicted octanol–water partition coefficient (Wildman–Crippen LogP) is 1.79. The second-order valence-corrected chi connectivity index (χ2v) is 4.60. The Labute approximate surface area is 109 Å². The highest BCUT2D eigenvalue weighted by Gasteiger charge is 2.27. The van der Waals surface area contributed by atoms with Crippen LogP contribution >= 0.6 is 0 Å². The van der Waals surface area contributed by atoms with Crippen molar-refractivity contribution in [1.82, 2.24) is 5.32 Å². The summed E-state index contributed by atoms with van der Waals surface area (Å²) in [5.74, 6) is 0.0824. The van der Waals surface area contributed by atoms with Crippen LogP contribution in [-0.4, -0.2) is 30.3 Å². The third-order valence-electron chi connectivity index (χ3n) is 3.10. The van der Waals surface area contributed by atoms with Crippen molar-refractivity contribution >= 4 is 5.91 Å². The Bertz CT molecular complexity index is 430. The largest absolute Gasteiger partial charge is 0.435 e. The lowest BCUT2D eigenvalue weighted by molar-refractivity contribution is -0.0498. The number of amides is 1. The highest BCUT2D eigenvalue weighted by atomic mass is 19.3. The van der Waals surface area contributed by atoms with Crippen LogP contribution in [0.4, 0.5) is 8.78 Å². The Hall–Kier alpha value is -1.69. The van der Waals surface area contributed by atoms with Crippen LogP contribution in [0.1, 0.15) is 23.2 Å². The molecule has 104 valence electrons. The molecule has 1 aliphatic rings. The number of carbonyl (C=O) groups excluding carboxylic acids is 1. The third kappa shape index (κ3) is 3.89. The summed E-state index contributed by atoms with van der Waals surface area (Å²) in [6.45, 7) is -2.35.